The number of nitrogens with zero attached hydrogens (tertiary/aromatic N) is 4. The van der Waals surface area contributed by atoms with Crippen LogP contribution in [0.4, 0.5) is 0 Å². The quantitative estimate of drug-likeness (QED) is 0.654. The summed E-state index contributed by atoms with van der Waals surface area (Å²) in [6, 6.07) is 0.0344. The molecule has 2 aliphatic rings. The fourth-order valence-electron chi connectivity index (χ4n) is 3.91. The maximum atomic E-state index is 13.2. The minimum absolute atomic E-state index is 0.0344. The molecule has 10 heteroatoms. The largest absolute Gasteiger partial charge is 0.494 e. The Balaban J connectivity index is 1.83. The highest BCUT2D eigenvalue weighted by molar-refractivity contribution is 5.97. The van der Waals surface area contributed by atoms with Crippen LogP contribution in [0.3, 0.4) is 0 Å². The van der Waals surface area contributed by atoms with Crippen molar-refractivity contribution in [2.75, 3.05) is 26.3 Å². The number of aromatic nitrogens is 3. The van der Waals surface area contributed by atoms with E-state index < -0.39 is 17.3 Å². The van der Waals surface area contributed by atoms with Crippen molar-refractivity contribution in [1.82, 2.24) is 24.4 Å². The second-order valence-corrected chi connectivity index (χ2v) is 9.90. The van der Waals surface area contributed by atoms with Gasteiger partial charge in [0, 0.05) is 37.3 Å². The molecule has 1 saturated heterocycles. The number of hydrogen-bond acceptors (Lipinski definition) is 6. The topological polar surface area (TPSA) is 118 Å². The predicted octanol–water partition coefficient (Wildman–Crippen LogP) is 1.32. The second kappa shape index (κ2) is 8.66. The molecule has 2 N–H and O–H groups in total. The average molecular weight is 458 g/mol. The molecule has 0 radical (unpaired) electrons. The van der Waals surface area contributed by atoms with Gasteiger partial charge >= 0.3 is 0 Å². The number of aromatic hydroxyl groups is 1. The fraction of sp³-hybridized carbons (Fsp3) is 0.565. The number of ether oxygens (including phenoxy) is 1. The summed E-state index contributed by atoms with van der Waals surface area (Å²) < 4.78 is 7.99. The van der Waals surface area contributed by atoms with Gasteiger partial charge in [-0.3, -0.25) is 19.0 Å². The summed E-state index contributed by atoms with van der Waals surface area (Å²) in [4.78, 5) is 40.3. The lowest BCUT2D eigenvalue weighted by Crippen LogP contribution is -2.39. The van der Waals surface area contributed by atoms with E-state index in [0.717, 1.165) is 17.4 Å². The van der Waals surface area contributed by atoms with E-state index in [0.29, 0.717) is 49.8 Å². The SMILES string of the molecule is Cc1nn2c(=O)c(C(=O)NC3CC3)c(O)n(CC(C)(C)C)c2c1/C=C/C(=O)N1CCOCC1. The zero-order valence-electron chi connectivity index (χ0n) is 19.6. The summed E-state index contributed by atoms with van der Waals surface area (Å²) in [5.41, 5.74) is 0.121. The van der Waals surface area contributed by atoms with Crippen molar-refractivity contribution in [1.29, 1.82) is 0 Å². The molecular formula is C23H31N5O5. The Morgan fingerprint density at radius 3 is 2.52 bits per heavy atom. The fourth-order valence-corrected chi connectivity index (χ4v) is 3.91. The van der Waals surface area contributed by atoms with E-state index in [1.54, 1.807) is 22.5 Å². The molecule has 1 saturated carbocycles. The third-order valence-electron chi connectivity index (χ3n) is 5.71. The van der Waals surface area contributed by atoms with Gasteiger partial charge in [0.15, 0.2) is 5.56 Å². The number of morpholine rings is 1. The maximum absolute atomic E-state index is 13.2. The number of fused-ring (bicyclic) bond motifs is 1. The van der Waals surface area contributed by atoms with Crippen molar-refractivity contribution in [3.63, 3.8) is 0 Å². The van der Waals surface area contributed by atoms with E-state index in [2.05, 4.69) is 10.4 Å². The molecule has 2 amide bonds. The van der Waals surface area contributed by atoms with E-state index in [9.17, 15) is 19.5 Å². The van der Waals surface area contributed by atoms with E-state index in [1.165, 1.54) is 6.08 Å². The summed E-state index contributed by atoms with van der Waals surface area (Å²) in [6.45, 7) is 10.1. The summed E-state index contributed by atoms with van der Waals surface area (Å²) in [6.07, 6.45) is 4.79. The van der Waals surface area contributed by atoms with Gasteiger partial charge in [0.25, 0.3) is 11.5 Å². The normalized spacial score (nSPS) is 17.2. The lowest BCUT2D eigenvalue weighted by atomic mass is 9.96. The van der Waals surface area contributed by atoms with Gasteiger partial charge in [-0.05, 0) is 31.3 Å². The molecule has 0 unspecified atom stereocenters. The standard InChI is InChI=1S/C23H31N5O5/c1-14-16(7-8-17(29)26-9-11-33-12-10-26)20-27(13-23(2,3)4)21(31)18(22(32)28(20)25-14)19(30)24-15-5-6-15/h7-8,15,31H,5-6,9-13H2,1-4H3,(H,24,30)/b8-7+. The molecule has 0 bridgehead atoms. The Kier molecular flexibility index (Phi) is 6.04. The first-order valence-corrected chi connectivity index (χ1v) is 11.3. The van der Waals surface area contributed by atoms with Crippen molar-refractivity contribution < 1.29 is 19.4 Å². The lowest BCUT2D eigenvalue weighted by Gasteiger charge is -2.25. The summed E-state index contributed by atoms with van der Waals surface area (Å²) in [5.74, 6) is -1.15. The Labute approximate surface area is 191 Å². The molecule has 2 aromatic rings. The van der Waals surface area contributed by atoms with Gasteiger partial charge in [-0.1, -0.05) is 20.8 Å². The van der Waals surface area contributed by atoms with Crippen LogP contribution in [0.2, 0.25) is 0 Å². The molecule has 33 heavy (non-hydrogen) atoms. The van der Waals surface area contributed by atoms with Crippen LogP contribution in [-0.2, 0) is 16.1 Å². The zero-order chi connectivity index (χ0) is 23.9. The molecule has 4 rings (SSSR count). The number of aryl methyl sites for hydroxylation is 1. The highest BCUT2D eigenvalue weighted by Gasteiger charge is 2.31. The Morgan fingerprint density at radius 1 is 1.24 bits per heavy atom. The number of hydrogen-bond donors (Lipinski definition) is 2. The van der Waals surface area contributed by atoms with Crippen molar-refractivity contribution in [3.05, 3.63) is 33.3 Å². The van der Waals surface area contributed by atoms with Crippen LogP contribution in [0.25, 0.3) is 11.7 Å². The molecule has 0 atom stereocenters. The first-order chi connectivity index (χ1) is 15.6. The first kappa shape index (κ1) is 23.0. The maximum Gasteiger partial charge on any atom is 0.291 e. The molecule has 10 nitrogen and oxygen atoms in total. The molecular weight excluding hydrogens is 426 g/mol. The molecule has 0 aromatic carbocycles. The number of carbonyl (C=O) groups excluding carboxylic acids is 2. The van der Waals surface area contributed by atoms with Crippen LogP contribution < -0.4 is 10.9 Å². The Hall–Kier alpha value is -3.14. The van der Waals surface area contributed by atoms with Gasteiger partial charge in [0.1, 0.15) is 5.65 Å². The van der Waals surface area contributed by atoms with Gasteiger partial charge in [-0.25, -0.2) is 0 Å². The average Bonchev–Trinajstić information content (AvgIpc) is 3.50. The third-order valence-corrected chi connectivity index (χ3v) is 5.71. The Bertz CT molecular complexity index is 1180. The van der Waals surface area contributed by atoms with Crippen LogP contribution >= 0.6 is 0 Å². The molecule has 1 aliphatic carbocycles. The minimum Gasteiger partial charge on any atom is -0.494 e. The highest BCUT2D eigenvalue weighted by Crippen LogP contribution is 2.28. The number of amides is 2. The number of rotatable bonds is 5. The zero-order valence-corrected chi connectivity index (χ0v) is 19.6. The smallest absolute Gasteiger partial charge is 0.291 e. The molecule has 1 aliphatic heterocycles. The molecule has 2 aromatic heterocycles. The van der Waals surface area contributed by atoms with Crippen LogP contribution in [0.1, 0.15) is 55.2 Å². The third kappa shape index (κ3) is 4.80. The van der Waals surface area contributed by atoms with Gasteiger partial charge < -0.3 is 20.1 Å². The summed E-state index contributed by atoms with van der Waals surface area (Å²) >= 11 is 0. The molecule has 2 fully saturated rings. The molecule has 3 heterocycles. The summed E-state index contributed by atoms with van der Waals surface area (Å²) in [7, 11) is 0. The number of nitrogens with one attached hydrogen (secondary N) is 1. The van der Waals surface area contributed by atoms with E-state index >= 15 is 0 Å². The van der Waals surface area contributed by atoms with E-state index in [-0.39, 0.29) is 22.9 Å². The van der Waals surface area contributed by atoms with Crippen LogP contribution in [0.5, 0.6) is 5.88 Å². The van der Waals surface area contributed by atoms with Gasteiger partial charge in [0.05, 0.1) is 18.9 Å². The highest BCUT2D eigenvalue weighted by atomic mass is 16.5. The van der Waals surface area contributed by atoms with Crippen LogP contribution in [0.15, 0.2) is 10.9 Å². The second-order valence-electron chi connectivity index (χ2n) is 9.90. The van der Waals surface area contributed by atoms with Crippen molar-refractivity contribution >= 4 is 23.5 Å². The van der Waals surface area contributed by atoms with Gasteiger partial charge in [-0.15, -0.1) is 0 Å². The van der Waals surface area contributed by atoms with Crippen molar-refractivity contribution in [2.45, 2.75) is 53.1 Å². The van der Waals surface area contributed by atoms with Crippen LogP contribution in [-0.4, -0.2) is 68.3 Å². The minimum atomic E-state index is -0.687. The molecule has 0 spiro atoms. The summed E-state index contributed by atoms with van der Waals surface area (Å²) in [5, 5.41) is 18.2. The Morgan fingerprint density at radius 2 is 1.91 bits per heavy atom. The van der Waals surface area contributed by atoms with Gasteiger partial charge in [-0.2, -0.15) is 9.61 Å². The van der Waals surface area contributed by atoms with Crippen LogP contribution in [0, 0.1) is 12.3 Å². The van der Waals surface area contributed by atoms with E-state index in [4.69, 9.17) is 4.74 Å². The first-order valence-electron chi connectivity index (χ1n) is 11.3. The van der Waals surface area contributed by atoms with Crippen molar-refractivity contribution in [2.24, 2.45) is 5.41 Å². The molecule has 178 valence electrons. The van der Waals surface area contributed by atoms with E-state index in [1.807, 2.05) is 20.8 Å². The predicted molar refractivity (Wildman–Crippen MR) is 122 cm³/mol. The van der Waals surface area contributed by atoms with Crippen molar-refractivity contribution in [3.8, 4) is 5.88 Å². The monoisotopic (exact) mass is 457 g/mol. The van der Waals surface area contributed by atoms with Gasteiger partial charge in [0.2, 0.25) is 11.8 Å². The number of carbonyl (C=O) groups is 2. The lowest BCUT2D eigenvalue weighted by molar-refractivity contribution is -0.129.